The van der Waals surface area contributed by atoms with Gasteiger partial charge in [0.1, 0.15) is 0 Å². The molecular formula is C13H23NO2. The first-order valence-electron chi connectivity index (χ1n) is 6.67. The second kappa shape index (κ2) is 5.17. The van der Waals surface area contributed by atoms with Crippen molar-refractivity contribution in [3.63, 3.8) is 0 Å². The number of nitrogens with zero attached hydrogens (tertiary/aromatic N) is 1. The van der Waals surface area contributed by atoms with Gasteiger partial charge in [-0.2, -0.15) is 0 Å². The number of rotatable bonds is 4. The summed E-state index contributed by atoms with van der Waals surface area (Å²) in [6.07, 6.45) is 7.06. The summed E-state index contributed by atoms with van der Waals surface area (Å²) >= 11 is 0. The number of likely N-dealkylation sites (tertiary alicyclic amines) is 1. The molecule has 1 aliphatic carbocycles. The second-order valence-corrected chi connectivity index (χ2v) is 5.39. The average molecular weight is 225 g/mol. The summed E-state index contributed by atoms with van der Waals surface area (Å²) in [5, 5.41) is 9.21. The summed E-state index contributed by atoms with van der Waals surface area (Å²) in [5.74, 6) is 1.26. The second-order valence-electron chi connectivity index (χ2n) is 5.39. The number of carbonyl (C=O) groups is 1. The fourth-order valence-electron chi connectivity index (χ4n) is 2.98. The number of aliphatic hydroxyl groups is 1. The van der Waals surface area contributed by atoms with Gasteiger partial charge in [0.15, 0.2) is 0 Å². The van der Waals surface area contributed by atoms with E-state index in [0.29, 0.717) is 13.1 Å². The highest BCUT2D eigenvalue weighted by Crippen LogP contribution is 2.32. The monoisotopic (exact) mass is 225 g/mol. The van der Waals surface area contributed by atoms with E-state index in [1.54, 1.807) is 0 Å². The predicted molar refractivity (Wildman–Crippen MR) is 62.9 cm³/mol. The standard InChI is InChI=1S/C13H23NO2/c1-2-11(7-10-5-3-4-6-10)13(16)14-8-12(15)9-14/h10-12,15H,2-9H2,1H3. The van der Waals surface area contributed by atoms with Crippen molar-refractivity contribution >= 4 is 5.91 Å². The Balaban J connectivity index is 1.81. The van der Waals surface area contributed by atoms with E-state index in [-0.39, 0.29) is 17.9 Å². The van der Waals surface area contributed by atoms with Crippen LogP contribution in [0.3, 0.4) is 0 Å². The van der Waals surface area contributed by atoms with Gasteiger partial charge in [-0.15, -0.1) is 0 Å². The maximum absolute atomic E-state index is 12.1. The molecule has 2 rings (SSSR count). The van der Waals surface area contributed by atoms with Crippen LogP contribution in [-0.2, 0) is 4.79 Å². The first kappa shape index (κ1) is 11.9. The molecule has 1 saturated heterocycles. The maximum atomic E-state index is 12.1. The largest absolute Gasteiger partial charge is 0.389 e. The number of hydrogen-bond donors (Lipinski definition) is 1. The lowest BCUT2D eigenvalue weighted by atomic mass is 9.89. The first-order valence-corrected chi connectivity index (χ1v) is 6.67. The number of carbonyl (C=O) groups excluding carboxylic acids is 1. The van der Waals surface area contributed by atoms with Crippen LogP contribution in [0.15, 0.2) is 0 Å². The lowest BCUT2D eigenvalue weighted by Gasteiger charge is -2.38. The highest BCUT2D eigenvalue weighted by atomic mass is 16.3. The van der Waals surface area contributed by atoms with Crippen molar-refractivity contribution in [2.75, 3.05) is 13.1 Å². The van der Waals surface area contributed by atoms with Gasteiger partial charge >= 0.3 is 0 Å². The fraction of sp³-hybridized carbons (Fsp3) is 0.923. The highest BCUT2D eigenvalue weighted by Gasteiger charge is 2.33. The van der Waals surface area contributed by atoms with E-state index < -0.39 is 0 Å². The van der Waals surface area contributed by atoms with Crippen molar-refractivity contribution in [3.8, 4) is 0 Å². The van der Waals surface area contributed by atoms with E-state index in [4.69, 9.17) is 0 Å². The number of amides is 1. The quantitative estimate of drug-likeness (QED) is 0.792. The Kier molecular flexibility index (Phi) is 3.85. The highest BCUT2D eigenvalue weighted by molar-refractivity contribution is 5.79. The molecule has 1 heterocycles. The van der Waals surface area contributed by atoms with Gasteiger partial charge in [-0.3, -0.25) is 4.79 Å². The van der Waals surface area contributed by atoms with Crippen molar-refractivity contribution in [3.05, 3.63) is 0 Å². The molecular weight excluding hydrogens is 202 g/mol. The molecule has 92 valence electrons. The SMILES string of the molecule is CCC(CC1CCCC1)C(=O)N1CC(O)C1. The lowest BCUT2D eigenvalue weighted by Crippen LogP contribution is -2.55. The van der Waals surface area contributed by atoms with Crippen LogP contribution in [0.5, 0.6) is 0 Å². The van der Waals surface area contributed by atoms with Crippen molar-refractivity contribution < 1.29 is 9.90 Å². The Morgan fingerprint density at radius 1 is 1.38 bits per heavy atom. The zero-order chi connectivity index (χ0) is 11.5. The molecule has 1 saturated carbocycles. The third-order valence-corrected chi connectivity index (χ3v) is 4.11. The van der Waals surface area contributed by atoms with Crippen LogP contribution >= 0.6 is 0 Å². The Labute approximate surface area is 97.8 Å². The third kappa shape index (κ3) is 2.57. The molecule has 1 aliphatic heterocycles. The number of aliphatic hydroxyl groups excluding tert-OH is 1. The summed E-state index contributed by atoms with van der Waals surface area (Å²) in [7, 11) is 0. The summed E-state index contributed by atoms with van der Waals surface area (Å²) in [4.78, 5) is 13.9. The van der Waals surface area contributed by atoms with Crippen LogP contribution in [0, 0.1) is 11.8 Å². The predicted octanol–water partition coefficient (Wildman–Crippen LogP) is 1.80. The van der Waals surface area contributed by atoms with Crippen molar-refractivity contribution in [2.24, 2.45) is 11.8 Å². The molecule has 1 atom stereocenters. The Bertz CT molecular complexity index is 242. The van der Waals surface area contributed by atoms with Crippen LogP contribution < -0.4 is 0 Å². The molecule has 3 nitrogen and oxygen atoms in total. The summed E-state index contributed by atoms with van der Waals surface area (Å²) < 4.78 is 0. The molecule has 16 heavy (non-hydrogen) atoms. The molecule has 0 aromatic heterocycles. The van der Waals surface area contributed by atoms with Gasteiger partial charge in [0.25, 0.3) is 0 Å². The lowest BCUT2D eigenvalue weighted by molar-refractivity contribution is -0.146. The summed E-state index contributed by atoms with van der Waals surface area (Å²) in [5.41, 5.74) is 0. The molecule has 0 radical (unpaired) electrons. The fourth-order valence-corrected chi connectivity index (χ4v) is 2.98. The van der Waals surface area contributed by atoms with Crippen LogP contribution in [0.25, 0.3) is 0 Å². The van der Waals surface area contributed by atoms with Gasteiger partial charge < -0.3 is 10.0 Å². The van der Waals surface area contributed by atoms with Gasteiger partial charge in [0.05, 0.1) is 6.10 Å². The zero-order valence-electron chi connectivity index (χ0n) is 10.2. The normalized spacial score (nSPS) is 24.5. The van der Waals surface area contributed by atoms with Gasteiger partial charge in [0, 0.05) is 19.0 Å². The molecule has 0 spiro atoms. The molecule has 3 heteroatoms. The minimum absolute atomic E-state index is 0.204. The van der Waals surface area contributed by atoms with E-state index >= 15 is 0 Å². The van der Waals surface area contributed by atoms with Crippen LogP contribution in [0.4, 0.5) is 0 Å². The zero-order valence-corrected chi connectivity index (χ0v) is 10.2. The minimum atomic E-state index is -0.270. The van der Waals surface area contributed by atoms with Gasteiger partial charge in [0.2, 0.25) is 5.91 Å². The topological polar surface area (TPSA) is 40.5 Å². The minimum Gasteiger partial charge on any atom is -0.389 e. The molecule has 2 fully saturated rings. The average Bonchev–Trinajstić information content (AvgIpc) is 2.73. The molecule has 1 unspecified atom stereocenters. The Hall–Kier alpha value is -0.570. The number of β-amino-alcohol motifs (C(OH)–C–C–N with tert-alkyl or cyclic N) is 1. The van der Waals surface area contributed by atoms with Crippen molar-refractivity contribution in [1.82, 2.24) is 4.90 Å². The van der Waals surface area contributed by atoms with Crippen LogP contribution in [0.1, 0.15) is 45.4 Å². The van der Waals surface area contributed by atoms with E-state index in [2.05, 4.69) is 6.92 Å². The van der Waals surface area contributed by atoms with E-state index in [1.807, 2.05) is 4.90 Å². The summed E-state index contributed by atoms with van der Waals surface area (Å²) in [6, 6.07) is 0. The van der Waals surface area contributed by atoms with E-state index in [1.165, 1.54) is 25.7 Å². The Morgan fingerprint density at radius 3 is 2.50 bits per heavy atom. The molecule has 1 amide bonds. The number of hydrogen-bond acceptors (Lipinski definition) is 2. The Morgan fingerprint density at radius 2 is 2.00 bits per heavy atom. The van der Waals surface area contributed by atoms with Crippen molar-refractivity contribution in [2.45, 2.75) is 51.6 Å². The molecule has 0 aromatic rings. The molecule has 1 N–H and O–H groups in total. The van der Waals surface area contributed by atoms with Crippen molar-refractivity contribution in [1.29, 1.82) is 0 Å². The molecule has 0 bridgehead atoms. The van der Waals surface area contributed by atoms with Gasteiger partial charge in [-0.1, -0.05) is 32.6 Å². The summed E-state index contributed by atoms with van der Waals surface area (Å²) in [6.45, 7) is 3.22. The smallest absolute Gasteiger partial charge is 0.225 e. The van der Waals surface area contributed by atoms with Crippen LogP contribution in [-0.4, -0.2) is 35.1 Å². The van der Waals surface area contributed by atoms with Gasteiger partial charge in [-0.25, -0.2) is 0 Å². The first-order chi connectivity index (χ1) is 7.70. The van der Waals surface area contributed by atoms with Gasteiger partial charge in [-0.05, 0) is 18.8 Å². The van der Waals surface area contributed by atoms with Crippen LogP contribution in [0.2, 0.25) is 0 Å². The van der Waals surface area contributed by atoms with E-state index in [0.717, 1.165) is 18.8 Å². The maximum Gasteiger partial charge on any atom is 0.225 e. The van der Waals surface area contributed by atoms with E-state index in [9.17, 15) is 9.90 Å². The molecule has 0 aromatic carbocycles. The third-order valence-electron chi connectivity index (χ3n) is 4.11. The molecule has 2 aliphatic rings.